The van der Waals surface area contributed by atoms with E-state index in [9.17, 15) is 13.5 Å². The summed E-state index contributed by atoms with van der Waals surface area (Å²) >= 11 is 0. The molecular weight excluding hydrogens is 290 g/mol. The second-order valence-corrected chi connectivity index (χ2v) is 7.79. The molecule has 21 heavy (non-hydrogen) atoms. The number of aryl methyl sites for hydroxylation is 2. The first kappa shape index (κ1) is 16.5. The second-order valence-electron chi connectivity index (χ2n) is 6.09. The number of rotatable bonds is 4. The van der Waals surface area contributed by atoms with Gasteiger partial charge < -0.3 is 5.11 Å². The average molecular weight is 315 g/mol. The van der Waals surface area contributed by atoms with Gasteiger partial charge in [-0.05, 0) is 26.7 Å². The maximum atomic E-state index is 12.5. The van der Waals surface area contributed by atoms with Crippen LogP contribution in [-0.4, -0.2) is 35.5 Å². The average Bonchev–Trinajstić information content (AvgIpc) is 2.56. The fourth-order valence-corrected chi connectivity index (χ4v) is 4.56. The van der Waals surface area contributed by atoms with E-state index >= 15 is 0 Å². The molecule has 7 heteroatoms. The van der Waals surface area contributed by atoms with Gasteiger partial charge >= 0.3 is 0 Å². The van der Waals surface area contributed by atoms with E-state index in [-0.39, 0.29) is 11.4 Å². The van der Waals surface area contributed by atoms with Crippen LogP contribution in [0, 0.1) is 13.8 Å². The van der Waals surface area contributed by atoms with E-state index in [2.05, 4.69) is 9.82 Å². The highest BCUT2D eigenvalue weighted by Crippen LogP contribution is 2.27. The minimum atomic E-state index is -3.64. The third-order valence-electron chi connectivity index (χ3n) is 4.34. The number of nitrogens with zero attached hydrogens (tertiary/aromatic N) is 2. The highest BCUT2D eigenvalue weighted by Gasteiger charge is 2.31. The highest BCUT2D eigenvalue weighted by molar-refractivity contribution is 7.89. The molecule has 0 atom stereocenters. The van der Waals surface area contributed by atoms with Crippen molar-refractivity contribution in [2.75, 3.05) is 6.54 Å². The van der Waals surface area contributed by atoms with Crippen LogP contribution in [-0.2, 0) is 17.1 Å². The van der Waals surface area contributed by atoms with Crippen molar-refractivity contribution in [2.24, 2.45) is 7.05 Å². The van der Waals surface area contributed by atoms with Gasteiger partial charge in [0.05, 0.1) is 17.0 Å². The summed E-state index contributed by atoms with van der Waals surface area (Å²) in [7, 11) is -1.92. The zero-order chi connectivity index (χ0) is 15.7. The molecule has 1 fully saturated rings. The fourth-order valence-electron chi connectivity index (χ4n) is 3.01. The minimum Gasteiger partial charge on any atom is -0.389 e. The molecule has 1 aromatic heterocycles. The van der Waals surface area contributed by atoms with Crippen LogP contribution in [0.5, 0.6) is 0 Å². The van der Waals surface area contributed by atoms with Crippen molar-refractivity contribution in [1.82, 2.24) is 14.5 Å². The number of nitrogens with one attached hydrogen (secondary N) is 1. The number of hydrogen-bond acceptors (Lipinski definition) is 4. The second kappa shape index (κ2) is 6.06. The Morgan fingerprint density at radius 1 is 1.24 bits per heavy atom. The molecule has 1 aromatic rings. The van der Waals surface area contributed by atoms with Crippen molar-refractivity contribution < 1.29 is 13.5 Å². The molecule has 120 valence electrons. The van der Waals surface area contributed by atoms with Gasteiger partial charge in [-0.2, -0.15) is 5.10 Å². The Bertz CT molecular complexity index is 599. The van der Waals surface area contributed by atoms with Crippen molar-refractivity contribution >= 4 is 10.0 Å². The molecule has 1 aliphatic carbocycles. The zero-order valence-electron chi connectivity index (χ0n) is 13.0. The maximum absolute atomic E-state index is 12.5. The van der Waals surface area contributed by atoms with E-state index in [0.717, 1.165) is 25.7 Å². The third kappa shape index (κ3) is 3.64. The lowest BCUT2D eigenvalue weighted by Gasteiger charge is -2.26. The van der Waals surface area contributed by atoms with Crippen LogP contribution in [0.3, 0.4) is 0 Å². The predicted octanol–water partition coefficient (Wildman–Crippen LogP) is 1.40. The molecule has 2 rings (SSSR count). The van der Waals surface area contributed by atoms with Gasteiger partial charge in [0, 0.05) is 13.6 Å². The fraction of sp³-hybridized carbons (Fsp3) is 0.786. The van der Waals surface area contributed by atoms with Crippen molar-refractivity contribution in [2.45, 2.75) is 62.9 Å². The summed E-state index contributed by atoms with van der Waals surface area (Å²) in [5, 5.41) is 14.7. The van der Waals surface area contributed by atoms with Crippen LogP contribution < -0.4 is 4.72 Å². The largest absolute Gasteiger partial charge is 0.389 e. The summed E-state index contributed by atoms with van der Waals surface area (Å²) in [6.45, 7) is 3.49. The van der Waals surface area contributed by atoms with Crippen LogP contribution in [0.2, 0.25) is 0 Å². The standard InChI is InChI=1S/C14H25N3O3S/c1-11-13(12(2)17(3)16-11)21(19,20)15-10-14(18)8-6-4-5-7-9-14/h15,18H,4-10H2,1-3H3. The first-order valence-corrected chi connectivity index (χ1v) is 8.96. The van der Waals surface area contributed by atoms with E-state index in [1.807, 2.05) is 0 Å². The zero-order valence-corrected chi connectivity index (χ0v) is 13.8. The summed E-state index contributed by atoms with van der Waals surface area (Å²) in [4.78, 5) is 0.224. The van der Waals surface area contributed by atoms with Crippen LogP contribution in [0.1, 0.15) is 49.9 Å². The van der Waals surface area contributed by atoms with Crippen molar-refractivity contribution in [3.05, 3.63) is 11.4 Å². The molecule has 0 unspecified atom stereocenters. The minimum absolute atomic E-state index is 0.0725. The van der Waals surface area contributed by atoms with Gasteiger partial charge in [0.15, 0.2) is 0 Å². The van der Waals surface area contributed by atoms with E-state index in [1.165, 1.54) is 0 Å². The van der Waals surface area contributed by atoms with E-state index in [0.29, 0.717) is 24.2 Å². The Morgan fingerprint density at radius 3 is 2.29 bits per heavy atom. The Kier molecular flexibility index (Phi) is 4.75. The molecule has 0 amide bonds. The normalized spacial score (nSPS) is 19.4. The Labute approximate surface area is 126 Å². The van der Waals surface area contributed by atoms with Crippen molar-refractivity contribution in [3.63, 3.8) is 0 Å². The summed E-state index contributed by atoms with van der Waals surface area (Å²) in [5.41, 5.74) is 0.163. The molecule has 0 spiro atoms. The van der Waals surface area contributed by atoms with Gasteiger partial charge in [0.1, 0.15) is 4.90 Å². The summed E-state index contributed by atoms with van der Waals surface area (Å²) in [5.74, 6) is 0. The summed E-state index contributed by atoms with van der Waals surface area (Å²) in [6.07, 6.45) is 5.42. The molecule has 1 aliphatic rings. The quantitative estimate of drug-likeness (QED) is 0.823. The van der Waals surface area contributed by atoms with Gasteiger partial charge in [0.2, 0.25) is 10.0 Å². The number of aliphatic hydroxyl groups is 1. The number of aromatic nitrogens is 2. The van der Waals surface area contributed by atoms with Gasteiger partial charge in [-0.25, -0.2) is 13.1 Å². The van der Waals surface area contributed by atoms with Gasteiger partial charge in [-0.1, -0.05) is 25.7 Å². The number of sulfonamides is 1. The molecule has 0 bridgehead atoms. The van der Waals surface area contributed by atoms with Gasteiger partial charge in [-0.3, -0.25) is 4.68 Å². The highest BCUT2D eigenvalue weighted by atomic mass is 32.2. The smallest absolute Gasteiger partial charge is 0.244 e. The van der Waals surface area contributed by atoms with Gasteiger partial charge in [0.25, 0.3) is 0 Å². The molecule has 0 saturated heterocycles. The summed E-state index contributed by atoms with van der Waals surface area (Å²) in [6, 6.07) is 0. The first-order chi connectivity index (χ1) is 9.75. The van der Waals surface area contributed by atoms with E-state index in [4.69, 9.17) is 0 Å². The molecular formula is C14H25N3O3S. The molecule has 0 aromatic carbocycles. The molecule has 1 heterocycles. The first-order valence-electron chi connectivity index (χ1n) is 7.47. The van der Waals surface area contributed by atoms with E-state index in [1.54, 1.807) is 25.6 Å². The molecule has 1 saturated carbocycles. The Hall–Kier alpha value is -0.920. The lowest BCUT2D eigenvalue weighted by atomic mass is 9.95. The maximum Gasteiger partial charge on any atom is 0.244 e. The SMILES string of the molecule is Cc1nn(C)c(C)c1S(=O)(=O)NCC1(O)CCCCCC1. The van der Waals surface area contributed by atoms with Crippen molar-refractivity contribution in [3.8, 4) is 0 Å². The van der Waals surface area contributed by atoms with Crippen LogP contribution in [0.25, 0.3) is 0 Å². The molecule has 2 N–H and O–H groups in total. The van der Waals surface area contributed by atoms with Gasteiger partial charge in [-0.15, -0.1) is 0 Å². The van der Waals surface area contributed by atoms with E-state index < -0.39 is 15.6 Å². The van der Waals surface area contributed by atoms with Crippen LogP contribution in [0.15, 0.2) is 4.90 Å². The van der Waals surface area contributed by atoms with Crippen LogP contribution >= 0.6 is 0 Å². The lowest BCUT2D eigenvalue weighted by Crippen LogP contribution is -2.42. The number of hydrogen-bond donors (Lipinski definition) is 2. The predicted molar refractivity (Wildman–Crippen MR) is 80.5 cm³/mol. The van der Waals surface area contributed by atoms with Crippen molar-refractivity contribution in [1.29, 1.82) is 0 Å². The molecule has 0 radical (unpaired) electrons. The Morgan fingerprint density at radius 2 is 1.81 bits per heavy atom. The molecule has 0 aliphatic heterocycles. The molecule has 6 nitrogen and oxygen atoms in total. The Balaban J connectivity index is 2.14. The topological polar surface area (TPSA) is 84.2 Å². The monoisotopic (exact) mass is 315 g/mol. The third-order valence-corrected chi connectivity index (χ3v) is 5.99. The summed E-state index contributed by atoms with van der Waals surface area (Å²) < 4.78 is 29.1. The lowest BCUT2D eigenvalue weighted by molar-refractivity contribution is 0.0303. The van der Waals surface area contributed by atoms with Crippen LogP contribution in [0.4, 0.5) is 0 Å².